The molecule has 80 valence electrons. The van der Waals surface area contributed by atoms with Gasteiger partial charge in [-0.2, -0.15) is 10.1 Å². The first kappa shape index (κ1) is 9.29. The third-order valence-corrected chi connectivity index (χ3v) is 2.48. The van der Waals surface area contributed by atoms with Gasteiger partial charge in [0.25, 0.3) is 0 Å². The molecule has 0 aliphatic carbocycles. The Morgan fingerprint density at radius 2 is 2.25 bits per heavy atom. The number of rotatable bonds is 1. The van der Waals surface area contributed by atoms with Crippen LogP contribution in [-0.4, -0.2) is 29.7 Å². The van der Waals surface area contributed by atoms with Gasteiger partial charge in [-0.25, -0.2) is 9.97 Å². The normalized spacial score (nSPS) is 11.1. The van der Waals surface area contributed by atoms with Crippen molar-refractivity contribution in [2.45, 2.75) is 0 Å². The van der Waals surface area contributed by atoms with Crippen LogP contribution in [0.3, 0.4) is 0 Å². The van der Waals surface area contributed by atoms with E-state index in [2.05, 4.69) is 25.1 Å². The lowest BCUT2D eigenvalue weighted by Gasteiger charge is -2.02. The number of hydrogen-bond donors (Lipinski definition) is 1. The SMILES string of the molecule is Cn1ccnc1-c1nc(Cl)nc2[nH]ncc12. The number of nitrogens with one attached hydrogen (secondary N) is 1. The van der Waals surface area contributed by atoms with E-state index in [9.17, 15) is 0 Å². The number of aryl methyl sites for hydroxylation is 1. The molecule has 0 saturated carbocycles. The molecule has 0 bridgehead atoms. The van der Waals surface area contributed by atoms with E-state index < -0.39 is 0 Å². The summed E-state index contributed by atoms with van der Waals surface area (Å²) in [4.78, 5) is 12.5. The predicted octanol–water partition coefficient (Wildman–Crippen LogP) is 1.41. The molecule has 0 spiro atoms. The minimum absolute atomic E-state index is 0.176. The number of H-pyrrole nitrogens is 1. The van der Waals surface area contributed by atoms with E-state index in [0.717, 1.165) is 11.2 Å². The van der Waals surface area contributed by atoms with Crippen LogP contribution in [0.2, 0.25) is 5.28 Å². The van der Waals surface area contributed by atoms with Crippen molar-refractivity contribution in [1.82, 2.24) is 29.7 Å². The highest BCUT2D eigenvalue weighted by Crippen LogP contribution is 2.24. The minimum Gasteiger partial charge on any atom is -0.333 e. The van der Waals surface area contributed by atoms with Crippen molar-refractivity contribution in [3.05, 3.63) is 23.9 Å². The van der Waals surface area contributed by atoms with Gasteiger partial charge < -0.3 is 4.57 Å². The summed E-state index contributed by atoms with van der Waals surface area (Å²) in [5.41, 5.74) is 1.29. The first-order valence-corrected chi connectivity index (χ1v) is 4.98. The Hall–Kier alpha value is -1.95. The van der Waals surface area contributed by atoms with Crippen LogP contribution in [0, 0.1) is 0 Å². The zero-order valence-corrected chi connectivity index (χ0v) is 9.10. The molecule has 3 aromatic rings. The van der Waals surface area contributed by atoms with E-state index in [1.165, 1.54) is 0 Å². The fraction of sp³-hybridized carbons (Fsp3) is 0.111. The van der Waals surface area contributed by atoms with Gasteiger partial charge in [-0.3, -0.25) is 5.10 Å². The van der Waals surface area contributed by atoms with Crippen LogP contribution in [0.4, 0.5) is 0 Å². The second-order valence-corrected chi connectivity index (χ2v) is 3.67. The summed E-state index contributed by atoms with van der Waals surface area (Å²) in [6, 6.07) is 0. The van der Waals surface area contributed by atoms with Crippen LogP contribution in [0.5, 0.6) is 0 Å². The lowest BCUT2D eigenvalue weighted by Crippen LogP contribution is -1.96. The molecule has 0 aromatic carbocycles. The lowest BCUT2D eigenvalue weighted by molar-refractivity contribution is 0.918. The van der Waals surface area contributed by atoms with Crippen LogP contribution in [0.15, 0.2) is 18.6 Å². The Kier molecular flexibility index (Phi) is 1.90. The van der Waals surface area contributed by atoms with E-state index in [-0.39, 0.29) is 5.28 Å². The van der Waals surface area contributed by atoms with Gasteiger partial charge in [0.1, 0.15) is 5.69 Å². The Morgan fingerprint density at radius 1 is 1.38 bits per heavy atom. The topological polar surface area (TPSA) is 72.3 Å². The van der Waals surface area contributed by atoms with Crippen LogP contribution in [0.1, 0.15) is 0 Å². The molecule has 16 heavy (non-hydrogen) atoms. The molecule has 1 N–H and O–H groups in total. The zero-order valence-electron chi connectivity index (χ0n) is 8.35. The number of hydrogen-bond acceptors (Lipinski definition) is 4. The summed E-state index contributed by atoms with van der Waals surface area (Å²) in [7, 11) is 1.89. The maximum atomic E-state index is 5.84. The standard InChI is InChI=1S/C9H7ClN6/c1-16-3-2-11-8(16)6-5-4-12-15-7(5)14-9(10)13-6/h2-4H,1H3,(H,12,13,14,15). The lowest BCUT2D eigenvalue weighted by atomic mass is 10.3. The molecule has 0 saturated heterocycles. The molecule has 0 aliphatic rings. The smallest absolute Gasteiger partial charge is 0.225 e. The van der Waals surface area contributed by atoms with E-state index in [0.29, 0.717) is 11.3 Å². The molecule has 0 atom stereocenters. The minimum atomic E-state index is 0.176. The number of aromatic nitrogens is 6. The maximum Gasteiger partial charge on any atom is 0.225 e. The second-order valence-electron chi connectivity index (χ2n) is 3.34. The molecular formula is C9H7ClN6. The Bertz CT molecular complexity index is 655. The Morgan fingerprint density at radius 3 is 3.00 bits per heavy atom. The van der Waals surface area contributed by atoms with Crippen molar-refractivity contribution < 1.29 is 0 Å². The average molecular weight is 235 g/mol. The van der Waals surface area contributed by atoms with Crippen molar-refractivity contribution in [2.24, 2.45) is 7.05 Å². The van der Waals surface area contributed by atoms with Crippen molar-refractivity contribution in [3.63, 3.8) is 0 Å². The second kappa shape index (κ2) is 3.28. The van der Waals surface area contributed by atoms with Gasteiger partial charge in [0.05, 0.1) is 11.6 Å². The highest BCUT2D eigenvalue weighted by atomic mass is 35.5. The largest absolute Gasteiger partial charge is 0.333 e. The quantitative estimate of drug-likeness (QED) is 0.646. The zero-order chi connectivity index (χ0) is 11.1. The van der Waals surface area contributed by atoms with E-state index in [1.54, 1.807) is 12.4 Å². The fourth-order valence-electron chi connectivity index (χ4n) is 1.57. The van der Waals surface area contributed by atoms with Gasteiger partial charge >= 0.3 is 0 Å². The van der Waals surface area contributed by atoms with Crippen LogP contribution < -0.4 is 0 Å². The first-order chi connectivity index (χ1) is 7.75. The molecule has 3 rings (SSSR count). The summed E-state index contributed by atoms with van der Waals surface area (Å²) in [5, 5.41) is 7.66. The highest BCUT2D eigenvalue weighted by molar-refractivity contribution is 6.28. The molecule has 0 radical (unpaired) electrons. The van der Waals surface area contributed by atoms with E-state index in [4.69, 9.17) is 11.6 Å². The average Bonchev–Trinajstić information content (AvgIpc) is 2.84. The molecule has 0 unspecified atom stereocenters. The number of aromatic amines is 1. The van der Waals surface area contributed by atoms with Crippen molar-refractivity contribution in [1.29, 1.82) is 0 Å². The summed E-state index contributed by atoms with van der Waals surface area (Å²) in [6.07, 6.45) is 5.21. The van der Waals surface area contributed by atoms with E-state index >= 15 is 0 Å². The molecule has 0 aliphatic heterocycles. The highest BCUT2D eigenvalue weighted by Gasteiger charge is 2.13. The molecule has 3 heterocycles. The number of fused-ring (bicyclic) bond motifs is 1. The van der Waals surface area contributed by atoms with E-state index in [1.807, 2.05) is 17.8 Å². The molecule has 7 heteroatoms. The Labute approximate surface area is 95.3 Å². The van der Waals surface area contributed by atoms with Gasteiger partial charge in [-0.15, -0.1) is 0 Å². The third kappa shape index (κ3) is 1.27. The van der Waals surface area contributed by atoms with Crippen LogP contribution in [-0.2, 0) is 7.05 Å². The van der Waals surface area contributed by atoms with Crippen molar-refractivity contribution in [2.75, 3.05) is 0 Å². The predicted molar refractivity (Wildman–Crippen MR) is 58.9 cm³/mol. The number of nitrogens with zero attached hydrogens (tertiary/aromatic N) is 5. The summed E-state index contributed by atoms with van der Waals surface area (Å²) in [6.45, 7) is 0. The van der Waals surface area contributed by atoms with Gasteiger partial charge in [-0.1, -0.05) is 0 Å². The molecule has 0 amide bonds. The van der Waals surface area contributed by atoms with Gasteiger partial charge in [0, 0.05) is 19.4 Å². The summed E-state index contributed by atoms with van der Waals surface area (Å²) in [5.74, 6) is 0.732. The Balaban J connectivity index is 2.38. The van der Waals surface area contributed by atoms with Crippen molar-refractivity contribution >= 4 is 22.6 Å². The fourth-order valence-corrected chi connectivity index (χ4v) is 1.74. The van der Waals surface area contributed by atoms with Crippen molar-refractivity contribution in [3.8, 4) is 11.5 Å². The van der Waals surface area contributed by atoms with Gasteiger partial charge in [0.15, 0.2) is 11.5 Å². The number of halogens is 1. The third-order valence-electron chi connectivity index (χ3n) is 2.32. The van der Waals surface area contributed by atoms with Crippen LogP contribution >= 0.6 is 11.6 Å². The van der Waals surface area contributed by atoms with Crippen LogP contribution in [0.25, 0.3) is 22.6 Å². The molecule has 6 nitrogen and oxygen atoms in total. The molecular weight excluding hydrogens is 228 g/mol. The summed E-state index contributed by atoms with van der Waals surface area (Å²) >= 11 is 5.84. The monoisotopic (exact) mass is 234 g/mol. The molecule has 3 aromatic heterocycles. The van der Waals surface area contributed by atoms with Gasteiger partial charge in [-0.05, 0) is 11.6 Å². The first-order valence-electron chi connectivity index (χ1n) is 4.60. The maximum absolute atomic E-state index is 5.84. The van der Waals surface area contributed by atoms with Gasteiger partial charge in [0.2, 0.25) is 5.28 Å². The number of imidazole rings is 1. The molecule has 0 fully saturated rings. The summed E-state index contributed by atoms with van der Waals surface area (Å²) < 4.78 is 1.87.